The van der Waals surface area contributed by atoms with E-state index in [9.17, 15) is 14.9 Å². The summed E-state index contributed by atoms with van der Waals surface area (Å²) in [6.07, 6.45) is -0.983. The van der Waals surface area contributed by atoms with Crippen molar-refractivity contribution in [2.24, 2.45) is 0 Å². The van der Waals surface area contributed by atoms with Gasteiger partial charge in [0.05, 0.1) is 24.3 Å². The van der Waals surface area contributed by atoms with Crippen LogP contribution in [0.4, 0.5) is 4.79 Å². The topological polar surface area (TPSA) is 90.6 Å². The molecule has 0 radical (unpaired) electrons. The quantitative estimate of drug-likeness (QED) is 0.861. The summed E-state index contributed by atoms with van der Waals surface area (Å²) in [4.78, 5) is 23.9. The minimum absolute atomic E-state index is 0.122. The maximum atomic E-state index is 11.8. The Kier molecular flexibility index (Phi) is 3.85. The first-order valence-electron chi connectivity index (χ1n) is 6.51. The van der Waals surface area contributed by atoms with Crippen molar-refractivity contribution in [1.82, 2.24) is 4.90 Å². The predicted molar refractivity (Wildman–Crippen MR) is 74.8 cm³/mol. The summed E-state index contributed by atoms with van der Waals surface area (Å²) < 4.78 is 5.35. The second-order valence-electron chi connectivity index (χ2n) is 5.12. The van der Waals surface area contributed by atoms with Crippen molar-refractivity contribution >= 4 is 11.9 Å². The summed E-state index contributed by atoms with van der Waals surface area (Å²) in [7, 11) is 1.45. The van der Waals surface area contributed by atoms with Crippen molar-refractivity contribution in [3.63, 3.8) is 0 Å². The molecule has 0 unspecified atom stereocenters. The summed E-state index contributed by atoms with van der Waals surface area (Å²) in [6.45, 7) is 3.82. The summed E-state index contributed by atoms with van der Waals surface area (Å²) in [5, 5.41) is 18.3. The molecule has 110 valence electrons. The number of rotatable bonds is 3. The van der Waals surface area contributed by atoms with Crippen molar-refractivity contribution in [1.29, 1.82) is 5.26 Å². The van der Waals surface area contributed by atoms with Gasteiger partial charge in [-0.2, -0.15) is 5.26 Å². The highest BCUT2D eigenvalue weighted by Crippen LogP contribution is 2.39. The molecule has 0 atom stereocenters. The highest BCUT2D eigenvalue weighted by molar-refractivity contribution is 5.98. The van der Waals surface area contributed by atoms with E-state index in [1.807, 2.05) is 0 Å². The molecule has 1 aliphatic rings. The molecule has 1 amide bonds. The van der Waals surface area contributed by atoms with Gasteiger partial charge in [0.15, 0.2) is 5.78 Å². The molecule has 1 aromatic carbocycles. The van der Waals surface area contributed by atoms with Crippen molar-refractivity contribution in [2.75, 3.05) is 20.2 Å². The minimum Gasteiger partial charge on any atom is -0.496 e. The molecule has 2 rings (SSSR count). The number of Topliss-reactive ketones (excluding diaryl/α,β-unsaturated/α-hetero) is 1. The fourth-order valence-electron chi connectivity index (χ4n) is 2.66. The van der Waals surface area contributed by atoms with Crippen LogP contribution in [-0.4, -0.2) is 42.1 Å². The maximum absolute atomic E-state index is 11.8. The van der Waals surface area contributed by atoms with Crippen LogP contribution in [0.2, 0.25) is 0 Å². The van der Waals surface area contributed by atoms with E-state index in [0.717, 1.165) is 0 Å². The summed E-state index contributed by atoms with van der Waals surface area (Å²) in [5.74, 6) is 0.124. The Morgan fingerprint density at radius 3 is 2.52 bits per heavy atom. The molecule has 0 aromatic heterocycles. The molecule has 0 spiro atoms. The molecular weight excluding hydrogens is 272 g/mol. The van der Waals surface area contributed by atoms with Gasteiger partial charge in [0, 0.05) is 24.6 Å². The third-order valence-corrected chi connectivity index (χ3v) is 3.77. The van der Waals surface area contributed by atoms with E-state index >= 15 is 0 Å². The number of likely N-dealkylation sites (tertiary alicyclic amines) is 1. The zero-order valence-electron chi connectivity index (χ0n) is 12.1. The summed E-state index contributed by atoms with van der Waals surface area (Å²) in [5.41, 5.74) is 2.24. The number of hydrogen-bond acceptors (Lipinski definition) is 4. The van der Waals surface area contributed by atoms with Crippen LogP contribution in [0.1, 0.15) is 39.9 Å². The second-order valence-corrected chi connectivity index (χ2v) is 5.12. The van der Waals surface area contributed by atoms with Gasteiger partial charge in [-0.3, -0.25) is 4.79 Å². The number of amides is 1. The maximum Gasteiger partial charge on any atom is 0.407 e. The Bertz CT molecular complexity index is 655. The SMILES string of the molecule is COc1c(C(C)=O)cc(C)c(C#N)c1C1CN(C(=O)O)C1. The molecule has 1 aromatic rings. The van der Waals surface area contributed by atoms with E-state index in [1.54, 1.807) is 13.0 Å². The Labute approximate surface area is 122 Å². The van der Waals surface area contributed by atoms with Gasteiger partial charge in [-0.25, -0.2) is 4.79 Å². The molecule has 0 saturated carbocycles. The molecular formula is C15H16N2O4. The number of nitrogens with zero attached hydrogens (tertiary/aromatic N) is 2. The number of carboxylic acid groups (broad SMARTS) is 1. The van der Waals surface area contributed by atoms with Gasteiger partial charge in [0.25, 0.3) is 0 Å². The van der Waals surface area contributed by atoms with Crippen molar-refractivity contribution in [2.45, 2.75) is 19.8 Å². The predicted octanol–water partition coefficient (Wildman–Crippen LogP) is 2.16. The Balaban J connectivity index is 2.55. The third kappa shape index (κ3) is 2.42. The van der Waals surface area contributed by atoms with Gasteiger partial charge < -0.3 is 14.7 Å². The molecule has 6 heteroatoms. The third-order valence-electron chi connectivity index (χ3n) is 3.77. The van der Waals surface area contributed by atoms with E-state index in [2.05, 4.69) is 6.07 Å². The van der Waals surface area contributed by atoms with Gasteiger partial charge in [0.2, 0.25) is 0 Å². The molecule has 1 heterocycles. The number of ether oxygens (including phenoxy) is 1. The highest BCUT2D eigenvalue weighted by Gasteiger charge is 2.36. The number of carbonyl (C=O) groups is 2. The average molecular weight is 288 g/mol. The van der Waals surface area contributed by atoms with E-state index in [0.29, 0.717) is 41.1 Å². The lowest BCUT2D eigenvalue weighted by Gasteiger charge is -2.38. The van der Waals surface area contributed by atoms with E-state index < -0.39 is 6.09 Å². The molecule has 6 nitrogen and oxygen atoms in total. The molecule has 0 bridgehead atoms. The monoisotopic (exact) mass is 288 g/mol. The number of methoxy groups -OCH3 is 1. The number of nitriles is 1. The van der Waals surface area contributed by atoms with Crippen LogP contribution >= 0.6 is 0 Å². The van der Waals surface area contributed by atoms with Crippen LogP contribution in [-0.2, 0) is 0 Å². The molecule has 1 fully saturated rings. The molecule has 0 aliphatic carbocycles. The van der Waals surface area contributed by atoms with Crippen LogP contribution < -0.4 is 4.74 Å². The van der Waals surface area contributed by atoms with Crippen LogP contribution in [0.3, 0.4) is 0 Å². The van der Waals surface area contributed by atoms with E-state index in [-0.39, 0.29) is 11.7 Å². The van der Waals surface area contributed by atoms with Gasteiger partial charge in [0.1, 0.15) is 5.75 Å². The second kappa shape index (κ2) is 5.44. The lowest BCUT2D eigenvalue weighted by atomic mass is 9.84. The van der Waals surface area contributed by atoms with E-state index in [4.69, 9.17) is 9.84 Å². The zero-order valence-corrected chi connectivity index (χ0v) is 12.1. The molecule has 1 aliphatic heterocycles. The standard InChI is InChI=1S/C15H16N2O4/c1-8-4-11(9(2)18)14(21-3)13(12(8)5-16)10-6-17(7-10)15(19)20/h4,10H,6-7H2,1-3H3,(H,19,20). The van der Waals surface area contributed by atoms with Crippen molar-refractivity contribution in [3.8, 4) is 11.8 Å². The van der Waals surface area contributed by atoms with Crippen molar-refractivity contribution in [3.05, 3.63) is 28.3 Å². The molecule has 1 N–H and O–H groups in total. The van der Waals surface area contributed by atoms with Crippen molar-refractivity contribution < 1.29 is 19.4 Å². The average Bonchev–Trinajstić information content (AvgIpc) is 2.36. The largest absolute Gasteiger partial charge is 0.496 e. The number of ketones is 1. The summed E-state index contributed by atoms with van der Waals surface area (Å²) >= 11 is 0. The Morgan fingerprint density at radius 2 is 2.10 bits per heavy atom. The number of carbonyl (C=O) groups excluding carboxylic acids is 1. The van der Waals surface area contributed by atoms with Crippen LogP contribution in [0, 0.1) is 18.3 Å². The normalized spacial score (nSPS) is 14.3. The van der Waals surface area contributed by atoms with Gasteiger partial charge in [-0.05, 0) is 25.5 Å². The highest BCUT2D eigenvalue weighted by atomic mass is 16.5. The Hall–Kier alpha value is -2.55. The lowest BCUT2D eigenvalue weighted by Crippen LogP contribution is -2.48. The first kappa shape index (κ1) is 14.9. The van der Waals surface area contributed by atoms with Crippen LogP contribution in [0.25, 0.3) is 0 Å². The molecule has 21 heavy (non-hydrogen) atoms. The zero-order chi connectivity index (χ0) is 15.7. The van der Waals surface area contributed by atoms with Gasteiger partial charge in [-0.1, -0.05) is 0 Å². The Morgan fingerprint density at radius 1 is 1.48 bits per heavy atom. The van der Waals surface area contributed by atoms with Gasteiger partial charge >= 0.3 is 6.09 Å². The smallest absolute Gasteiger partial charge is 0.407 e. The molecule has 1 saturated heterocycles. The first-order valence-corrected chi connectivity index (χ1v) is 6.51. The lowest BCUT2D eigenvalue weighted by molar-refractivity contribution is 0.0999. The van der Waals surface area contributed by atoms with Gasteiger partial charge in [-0.15, -0.1) is 0 Å². The minimum atomic E-state index is -0.983. The van der Waals surface area contributed by atoms with E-state index in [1.165, 1.54) is 18.9 Å². The number of benzene rings is 1. The fraction of sp³-hybridized carbons (Fsp3) is 0.400. The first-order chi connectivity index (χ1) is 9.90. The number of aryl methyl sites for hydroxylation is 1. The number of hydrogen-bond donors (Lipinski definition) is 1. The fourth-order valence-corrected chi connectivity index (χ4v) is 2.66. The van der Waals surface area contributed by atoms with Crippen LogP contribution in [0.5, 0.6) is 5.75 Å². The van der Waals surface area contributed by atoms with Crippen LogP contribution in [0.15, 0.2) is 6.07 Å². The summed E-state index contributed by atoms with van der Waals surface area (Å²) in [6, 6.07) is 3.79.